The Labute approximate surface area is 103 Å². The summed E-state index contributed by atoms with van der Waals surface area (Å²) in [7, 11) is 4.08. The van der Waals surface area contributed by atoms with Crippen molar-refractivity contribution in [3.8, 4) is 0 Å². The quantitative estimate of drug-likeness (QED) is 0.864. The molecule has 0 spiro atoms. The molecule has 1 saturated carbocycles. The van der Waals surface area contributed by atoms with Crippen LogP contribution in [0.2, 0.25) is 0 Å². The molecule has 2 atom stereocenters. The van der Waals surface area contributed by atoms with Gasteiger partial charge in [-0.1, -0.05) is 13.8 Å². The molecular weight excluding hydrogens is 214 g/mol. The Morgan fingerprint density at radius 1 is 1.59 bits per heavy atom. The molecular formula is C13H23N3O. The third kappa shape index (κ3) is 2.38. The van der Waals surface area contributed by atoms with Crippen LogP contribution < -0.4 is 0 Å². The predicted octanol–water partition coefficient (Wildman–Crippen LogP) is 1.40. The van der Waals surface area contributed by atoms with Crippen molar-refractivity contribution >= 4 is 0 Å². The van der Waals surface area contributed by atoms with Crippen molar-refractivity contribution in [1.29, 1.82) is 0 Å². The number of aliphatic hydroxyl groups excluding tert-OH is 1. The van der Waals surface area contributed by atoms with Gasteiger partial charge in [-0.05, 0) is 25.3 Å². The van der Waals surface area contributed by atoms with E-state index in [1.807, 2.05) is 24.0 Å². The van der Waals surface area contributed by atoms with Gasteiger partial charge >= 0.3 is 0 Å². The second-order valence-electron chi connectivity index (χ2n) is 5.91. The number of hydrogen-bond donors (Lipinski definition) is 1. The molecule has 4 nitrogen and oxygen atoms in total. The number of aryl methyl sites for hydroxylation is 1. The highest BCUT2D eigenvalue weighted by molar-refractivity contribution is 4.98. The van der Waals surface area contributed by atoms with Crippen molar-refractivity contribution in [3.05, 3.63) is 18.2 Å². The minimum Gasteiger partial charge on any atom is -0.391 e. The normalized spacial score (nSPS) is 27.9. The van der Waals surface area contributed by atoms with Crippen LogP contribution in [0, 0.1) is 5.41 Å². The molecule has 0 saturated heterocycles. The average Bonchev–Trinajstić information content (AvgIpc) is 2.74. The highest BCUT2D eigenvalue weighted by atomic mass is 16.3. The van der Waals surface area contributed by atoms with Gasteiger partial charge in [0, 0.05) is 25.5 Å². The molecule has 96 valence electrons. The predicted molar refractivity (Wildman–Crippen MR) is 67.5 cm³/mol. The summed E-state index contributed by atoms with van der Waals surface area (Å²) in [4.78, 5) is 6.55. The van der Waals surface area contributed by atoms with E-state index in [9.17, 15) is 5.11 Å². The molecule has 0 bridgehead atoms. The molecule has 1 aromatic rings. The van der Waals surface area contributed by atoms with Crippen molar-refractivity contribution in [2.75, 3.05) is 7.05 Å². The molecule has 0 aromatic carbocycles. The van der Waals surface area contributed by atoms with E-state index in [-0.39, 0.29) is 17.6 Å². The molecule has 0 amide bonds. The monoisotopic (exact) mass is 237 g/mol. The molecule has 0 aliphatic heterocycles. The Kier molecular flexibility index (Phi) is 3.27. The van der Waals surface area contributed by atoms with Crippen LogP contribution in [0.5, 0.6) is 0 Å². The summed E-state index contributed by atoms with van der Waals surface area (Å²) in [5.41, 5.74) is 0.0422. The van der Waals surface area contributed by atoms with E-state index in [0.29, 0.717) is 0 Å². The van der Waals surface area contributed by atoms with E-state index in [4.69, 9.17) is 0 Å². The van der Waals surface area contributed by atoms with Crippen LogP contribution in [0.4, 0.5) is 0 Å². The van der Waals surface area contributed by atoms with Crippen molar-refractivity contribution < 1.29 is 5.11 Å². The molecule has 1 aliphatic rings. The lowest BCUT2D eigenvalue weighted by Crippen LogP contribution is -2.42. The zero-order valence-electron chi connectivity index (χ0n) is 11.2. The molecule has 1 N–H and O–H groups in total. The first kappa shape index (κ1) is 12.6. The summed E-state index contributed by atoms with van der Waals surface area (Å²) in [5.74, 6) is 1.05. The van der Waals surface area contributed by atoms with E-state index < -0.39 is 0 Å². The maximum Gasteiger partial charge on any atom is 0.122 e. The van der Waals surface area contributed by atoms with Gasteiger partial charge in [0.15, 0.2) is 0 Å². The van der Waals surface area contributed by atoms with E-state index in [0.717, 1.165) is 25.2 Å². The van der Waals surface area contributed by atoms with Gasteiger partial charge in [-0.25, -0.2) is 4.98 Å². The second kappa shape index (κ2) is 4.42. The van der Waals surface area contributed by atoms with E-state index in [2.05, 4.69) is 30.8 Å². The van der Waals surface area contributed by atoms with E-state index in [1.165, 1.54) is 0 Å². The molecule has 2 unspecified atom stereocenters. The maximum atomic E-state index is 10.3. The molecule has 17 heavy (non-hydrogen) atoms. The first-order chi connectivity index (χ1) is 7.92. The molecule has 1 fully saturated rings. The smallest absolute Gasteiger partial charge is 0.122 e. The molecule has 1 aliphatic carbocycles. The number of nitrogens with zero attached hydrogens (tertiary/aromatic N) is 3. The van der Waals surface area contributed by atoms with Crippen LogP contribution in [0.3, 0.4) is 0 Å². The minimum atomic E-state index is -0.243. The van der Waals surface area contributed by atoms with Gasteiger partial charge in [0.05, 0.1) is 12.6 Å². The summed E-state index contributed by atoms with van der Waals surface area (Å²) >= 11 is 0. The highest BCUT2D eigenvalue weighted by Gasteiger charge is 2.42. The van der Waals surface area contributed by atoms with Gasteiger partial charge in [0.1, 0.15) is 5.82 Å². The lowest BCUT2D eigenvalue weighted by atomic mass is 9.89. The summed E-state index contributed by atoms with van der Waals surface area (Å²) in [5, 5.41) is 10.3. The molecule has 2 rings (SSSR count). The van der Waals surface area contributed by atoms with E-state index in [1.54, 1.807) is 0 Å². The first-order valence-electron chi connectivity index (χ1n) is 6.26. The standard InChI is InChI=1S/C13H23N3O/c1-13(2)6-5-10(12(13)17)16(4)9-11-14-7-8-15(11)3/h7-8,10,12,17H,5-6,9H2,1-4H3. The molecule has 1 aromatic heterocycles. The fourth-order valence-corrected chi connectivity index (χ4v) is 2.70. The van der Waals surface area contributed by atoms with Crippen LogP contribution in [0.15, 0.2) is 12.4 Å². The largest absolute Gasteiger partial charge is 0.391 e. The van der Waals surface area contributed by atoms with Gasteiger partial charge in [-0.15, -0.1) is 0 Å². The average molecular weight is 237 g/mol. The minimum absolute atomic E-state index is 0.0422. The van der Waals surface area contributed by atoms with Gasteiger partial charge in [-0.3, -0.25) is 4.90 Å². The van der Waals surface area contributed by atoms with Crippen LogP contribution >= 0.6 is 0 Å². The molecule has 1 heterocycles. The van der Waals surface area contributed by atoms with Gasteiger partial charge in [0.25, 0.3) is 0 Å². The number of aromatic nitrogens is 2. The summed E-state index contributed by atoms with van der Waals surface area (Å²) in [6.45, 7) is 5.08. The zero-order valence-corrected chi connectivity index (χ0v) is 11.2. The Morgan fingerprint density at radius 2 is 2.29 bits per heavy atom. The Bertz CT molecular complexity index is 386. The van der Waals surface area contributed by atoms with Crippen molar-refractivity contribution in [2.45, 2.75) is 45.4 Å². The van der Waals surface area contributed by atoms with Gasteiger partial charge in [-0.2, -0.15) is 0 Å². The van der Waals surface area contributed by atoms with Gasteiger partial charge < -0.3 is 9.67 Å². The Hall–Kier alpha value is -0.870. The molecule has 0 radical (unpaired) electrons. The fourth-order valence-electron chi connectivity index (χ4n) is 2.70. The molecule has 4 heteroatoms. The van der Waals surface area contributed by atoms with Crippen LogP contribution in [0.1, 0.15) is 32.5 Å². The number of aliphatic hydroxyl groups is 1. The van der Waals surface area contributed by atoms with Crippen LogP contribution in [-0.4, -0.2) is 38.8 Å². The van der Waals surface area contributed by atoms with Crippen molar-refractivity contribution in [1.82, 2.24) is 14.5 Å². The Balaban J connectivity index is 2.02. The second-order valence-corrected chi connectivity index (χ2v) is 5.91. The summed E-state index contributed by atoms with van der Waals surface area (Å²) in [6.07, 6.45) is 5.68. The topological polar surface area (TPSA) is 41.3 Å². The summed E-state index contributed by atoms with van der Waals surface area (Å²) in [6, 6.07) is 0.252. The number of imidazole rings is 1. The number of hydrogen-bond acceptors (Lipinski definition) is 3. The van der Waals surface area contributed by atoms with Crippen LogP contribution in [-0.2, 0) is 13.6 Å². The fraction of sp³-hybridized carbons (Fsp3) is 0.769. The van der Waals surface area contributed by atoms with Crippen LogP contribution in [0.25, 0.3) is 0 Å². The van der Waals surface area contributed by atoms with Crippen molar-refractivity contribution in [3.63, 3.8) is 0 Å². The van der Waals surface area contributed by atoms with Gasteiger partial charge in [0.2, 0.25) is 0 Å². The lowest BCUT2D eigenvalue weighted by molar-refractivity contribution is 0.0200. The maximum absolute atomic E-state index is 10.3. The third-order valence-electron chi connectivity index (χ3n) is 4.13. The first-order valence-corrected chi connectivity index (χ1v) is 6.26. The van der Waals surface area contributed by atoms with Crippen molar-refractivity contribution in [2.24, 2.45) is 12.5 Å². The number of likely N-dealkylation sites (N-methyl/N-ethyl adjacent to an activating group) is 1. The number of rotatable bonds is 3. The summed E-state index contributed by atoms with van der Waals surface area (Å²) < 4.78 is 2.03. The zero-order chi connectivity index (χ0) is 12.6. The third-order valence-corrected chi connectivity index (χ3v) is 4.13. The SMILES string of the molecule is CN(Cc1nccn1C)C1CCC(C)(C)C1O. The lowest BCUT2D eigenvalue weighted by Gasteiger charge is -2.31. The van der Waals surface area contributed by atoms with E-state index >= 15 is 0 Å². The Morgan fingerprint density at radius 3 is 2.76 bits per heavy atom. The highest BCUT2D eigenvalue weighted by Crippen LogP contribution is 2.39.